The van der Waals surface area contributed by atoms with Gasteiger partial charge in [-0.05, 0) is 30.2 Å². The van der Waals surface area contributed by atoms with Crippen LogP contribution in [-0.2, 0) is 28.0 Å². The van der Waals surface area contributed by atoms with Crippen LogP contribution in [0.1, 0.15) is 43.4 Å². The number of hydrogen-bond donors (Lipinski definition) is 1. The van der Waals surface area contributed by atoms with Crippen molar-refractivity contribution >= 4 is 5.91 Å². The van der Waals surface area contributed by atoms with E-state index in [0.717, 1.165) is 18.7 Å². The summed E-state index contributed by atoms with van der Waals surface area (Å²) in [4.78, 5) is 17.6. The molecule has 0 aliphatic heterocycles. The summed E-state index contributed by atoms with van der Waals surface area (Å²) < 4.78 is 7.18. The van der Waals surface area contributed by atoms with Crippen molar-refractivity contribution in [2.45, 2.75) is 50.6 Å². The minimum absolute atomic E-state index is 0.171. The second-order valence-corrected chi connectivity index (χ2v) is 7.69. The molecule has 4 rings (SSSR count). The van der Waals surface area contributed by atoms with Gasteiger partial charge >= 0.3 is 0 Å². The van der Waals surface area contributed by atoms with Crippen LogP contribution in [0.2, 0.25) is 0 Å². The van der Waals surface area contributed by atoms with Gasteiger partial charge in [-0.1, -0.05) is 43.2 Å². The number of amides is 1. The van der Waals surface area contributed by atoms with E-state index in [1.165, 1.54) is 31.2 Å². The lowest BCUT2D eigenvalue weighted by Crippen LogP contribution is -2.38. The molecule has 1 spiro atoms. The topological polar surface area (TPSA) is 56.1 Å². The Kier molecular flexibility index (Phi) is 4.57. The highest BCUT2D eigenvalue weighted by atomic mass is 16.5. The van der Waals surface area contributed by atoms with Crippen molar-refractivity contribution in [3.8, 4) is 0 Å². The van der Waals surface area contributed by atoms with E-state index >= 15 is 0 Å². The second kappa shape index (κ2) is 6.88. The van der Waals surface area contributed by atoms with Gasteiger partial charge in [0.2, 0.25) is 5.91 Å². The van der Waals surface area contributed by atoms with Gasteiger partial charge in [0.15, 0.2) is 0 Å². The molecule has 2 aliphatic rings. The minimum atomic E-state index is -0.345. The molecule has 1 N–H and O–H groups in total. The van der Waals surface area contributed by atoms with E-state index in [0.29, 0.717) is 13.2 Å². The van der Waals surface area contributed by atoms with Gasteiger partial charge in [0, 0.05) is 19.9 Å². The minimum Gasteiger partial charge on any atom is -0.383 e. The van der Waals surface area contributed by atoms with Gasteiger partial charge in [-0.25, -0.2) is 4.98 Å². The number of rotatable bonds is 7. The number of nitrogens with zero attached hydrogens (tertiary/aromatic N) is 2. The maximum Gasteiger partial charge on any atom is 0.231 e. The average Bonchev–Trinajstić information content (AvgIpc) is 2.97. The summed E-state index contributed by atoms with van der Waals surface area (Å²) in [6.45, 7) is 1.89. The SMILES string of the molecule is COCCn1cncc1CNC(=O)[C@]1(c2ccccc2)CC12CCCC2. The number of imidazole rings is 1. The van der Waals surface area contributed by atoms with Crippen molar-refractivity contribution in [1.82, 2.24) is 14.9 Å². The normalized spacial score (nSPS) is 23.3. The Morgan fingerprint density at radius 2 is 2.04 bits per heavy atom. The molecule has 0 unspecified atom stereocenters. The Labute approximate surface area is 154 Å². The molecule has 1 atom stereocenters. The molecule has 2 aromatic rings. The van der Waals surface area contributed by atoms with Crippen molar-refractivity contribution in [2.75, 3.05) is 13.7 Å². The van der Waals surface area contributed by atoms with Crippen LogP contribution < -0.4 is 5.32 Å². The fourth-order valence-electron chi connectivity index (χ4n) is 4.91. The van der Waals surface area contributed by atoms with E-state index in [2.05, 4.69) is 22.4 Å². The van der Waals surface area contributed by atoms with Crippen LogP contribution in [0.3, 0.4) is 0 Å². The van der Waals surface area contributed by atoms with Gasteiger partial charge in [-0.2, -0.15) is 0 Å². The first-order chi connectivity index (χ1) is 12.7. The number of nitrogens with one attached hydrogen (secondary N) is 1. The third-order valence-corrected chi connectivity index (χ3v) is 6.36. The number of hydrogen-bond acceptors (Lipinski definition) is 3. The van der Waals surface area contributed by atoms with Crippen LogP contribution in [-0.4, -0.2) is 29.2 Å². The van der Waals surface area contributed by atoms with E-state index in [4.69, 9.17) is 4.74 Å². The monoisotopic (exact) mass is 353 g/mol. The molecular weight excluding hydrogens is 326 g/mol. The Balaban J connectivity index is 1.51. The highest BCUT2D eigenvalue weighted by Crippen LogP contribution is 2.72. The van der Waals surface area contributed by atoms with Gasteiger partial charge in [0.05, 0.1) is 30.6 Å². The number of carbonyl (C=O) groups excluding carboxylic acids is 1. The standard InChI is InChI=1S/C21H27N3O2/c1-26-12-11-24-16-22-13-18(24)14-23-19(25)21(17-7-3-2-4-8-17)15-20(21)9-5-6-10-20/h2-4,7-8,13,16H,5-6,9-12,14-15H2,1H3,(H,23,25)/t21-/m1/s1. The van der Waals surface area contributed by atoms with Crippen molar-refractivity contribution in [2.24, 2.45) is 5.41 Å². The molecule has 1 aromatic heterocycles. The van der Waals surface area contributed by atoms with Crippen molar-refractivity contribution < 1.29 is 9.53 Å². The van der Waals surface area contributed by atoms with Crippen molar-refractivity contribution in [3.05, 3.63) is 54.1 Å². The molecule has 138 valence electrons. The van der Waals surface area contributed by atoms with Crippen molar-refractivity contribution in [3.63, 3.8) is 0 Å². The molecule has 1 aromatic carbocycles. The van der Waals surface area contributed by atoms with Crippen LogP contribution in [0.5, 0.6) is 0 Å². The Hall–Kier alpha value is -2.14. The number of carbonyl (C=O) groups is 1. The van der Waals surface area contributed by atoms with Gasteiger partial charge in [-0.3, -0.25) is 4.79 Å². The first-order valence-corrected chi connectivity index (χ1v) is 9.54. The average molecular weight is 353 g/mol. The Bertz CT molecular complexity index is 765. The van der Waals surface area contributed by atoms with E-state index < -0.39 is 0 Å². The van der Waals surface area contributed by atoms with E-state index in [-0.39, 0.29) is 16.7 Å². The molecule has 5 heteroatoms. The Morgan fingerprint density at radius 3 is 2.77 bits per heavy atom. The summed E-state index contributed by atoms with van der Waals surface area (Å²) >= 11 is 0. The summed E-state index contributed by atoms with van der Waals surface area (Å²) in [6, 6.07) is 10.4. The zero-order chi connectivity index (χ0) is 18.0. The fraction of sp³-hybridized carbons (Fsp3) is 0.524. The maximum absolute atomic E-state index is 13.3. The van der Waals surface area contributed by atoms with Gasteiger partial charge in [0.1, 0.15) is 0 Å². The highest BCUT2D eigenvalue weighted by molar-refractivity contribution is 5.93. The fourth-order valence-corrected chi connectivity index (χ4v) is 4.91. The summed E-state index contributed by atoms with van der Waals surface area (Å²) in [5.74, 6) is 0.171. The largest absolute Gasteiger partial charge is 0.383 e. The van der Waals surface area contributed by atoms with Crippen LogP contribution in [0, 0.1) is 5.41 Å². The lowest BCUT2D eigenvalue weighted by atomic mass is 9.84. The van der Waals surface area contributed by atoms with Crippen LogP contribution in [0.15, 0.2) is 42.9 Å². The molecule has 2 saturated carbocycles. The molecule has 5 nitrogen and oxygen atoms in total. The zero-order valence-electron chi connectivity index (χ0n) is 15.4. The molecule has 26 heavy (non-hydrogen) atoms. The maximum atomic E-state index is 13.3. The van der Waals surface area contributed by atoms with Gasteiger partial charge < -0.3 is 14.6 Å². The smallest absolute Gasteiger partial charge is 0.231 e. The third-order valence-electron chi connectivity index (χ3n) is 6.36. The molecule has 1 amide bonds. The second-order valence-electron chi connectivity index (χ2n) is 7.69. The quantitative estimate of drug-likeness (QED) is 0.832. The molecule has 2 fully saturated rings. The van der Waals surface area contributed by atoms with Gasteiger partial charge in [0.25, 0.3) is 0 Å². The highest BCUT2D eigenvalue weighted by Gasteiger charge is 2.72. The predicted molar refractivity (Wildman–Crippen MR) is 99.6 cm³/mol. The van der Waals surface area contributed by atoms with E-state index in [1.54, 1.807) is 13.4 Å². The van der Waals surface area contributed by atoms with Gasteiger partial charge in [-0.15, -0.1) is 0 Å². The summed E-state index contributed by atoms with van der Waals surface area (Å²) in [7, 11) is 1.69. The van der Waals surface area contributed by atoms with Crippen LogP contribution >= 0.6 is 0 Å². The molecule has 0 saturated heterocycles. The predicted octanol–water partition coefficient (Wildman–Crippen LogP) is 3.05. The lowest BCUT2D eigenvalue weighted by Gasteiger charge is -2.23. The van der Waals surface area contributed by atoms with Crippen molar-refractivity contribution in [1.29, 1.82) is 0 Å². The van der Waals surface area contributed by atoms with Crippen LogP contribution in [0.4, 0.5) is 0 Å². The lowest BCUT2D eigenvalue weighted by molar-refractivity contribution is -0.124. The third kappa shape index (κ3) is 2.75. The number of benzene rings is 1. The number of aromatic nitrogens is 2. The van der Waals surface area contributed by atoms with E-state index in [9.17, 15) is 4.79 Å². The molecule has 0 radical (unpaired) electrons. The van der Waals surface area contributed by atoms with E-state index in [1.807, 2.05) is 29.0 Å². The summed E-state index contributed by atoms with van der Waals surface area (Å²) in [5.41, 5.74) is 2.02. The molecular formula is C21H27N3O2. The summed E-state index contributed by atoms with van der Waals surface area (Å²) in [6.07, 6.45) is 9.42. The molecule has 2 aliphatic carbocycles. The number of ether oxygens (including phenoxy) is 1. The Morgan fingerprint density at radius 1 is 1.27 bits per heavy atom. The molecule has 0 bridgehead atoms. The zero-order valence-corrected chi connectivity index (χ0v) is 15.4. The number of methoxy groups -OCH3 is 1. The first-order valence-electron chi connectivity index (χ1n) is 9.54. The molecule has 1 heterocycles. The van der Waals surface area contributed by atoms with Crippen LogP contribution in [0.25, 0.3) is 0 Å². The first kappa shape index (κ1) is 17.3. The summed E-state index contributed by atoms with van der Waals surface area (Å²) in [5, 5.41) is 3.21.